The minimum atomic E-state index is -0.374. The number of nitrogens with one attached hydrogen (secondary N) is 1. The van der Waals surface area contributed by atoms with E-state index in [1.165, 1.54) is 18.2 Å². The van der Waals surface area contributed by atoms with Crippen LogP contribution in [0.3, 0.4) is 0 Å². The maximum atomic E-state index is 12.6. The number of hydrogen-bond acceptors (Lipinski definition) is 2. The van der Waals surface area contributed by atoms with E-state index in [-0.39, 0.29) is 17.0 Å². The van der Waals surface area contributed by atoms with Crippen LogP contribution in [0.25, 0.3) is 0 Å². The van der Waals surface area contributed by atoms with Gasteiger partial charge in [0.1, 0.15) is 5.82 Å². The molecule has 0 atom stereocenters. The molecule has 1 aromatic rings. The normalized spacial score (nSPS) is 11.8. The summed E-state index contributed by atoms with van der Waals surface area (Å²) in [5, 5.41) is 2.91. The van der Waals surface area contributed by atoms with Crippen molar-refractivity contribution in [3.05, 3.63) is 42.4 Å². The molecule has 1 N–H and O–H groups in total. The Morgan fingerprint density at radius 1 is 1.25 bits per heavy atom. The van der Waals surface area contributed by atoms with Crippen LogP contribution in [0.15, 0.2) is 36.5 Å². The molecule has 0 saturated heterocycles. The summed E-state index contributed by atoms with van der Waals surface area (Å²) < 4.78 is 12.6. The predicted molar refractivity (Wildman–Crippen MR) is 63.6 cm³/mol. The molecule has 1 rings (SSSR count). The van der Waals surface area contributed by atoms with Gasteiger partial charge in [-0.2, -0.15) is 0 Å². The number of anilines is 1. The van der Waals surface area contributed by atoms with E-state index in [1.54, 1.807) is 18.3 Å². The van der Waals surface area contributed by atoms with Gasteiger partial charge >= 0.3 is 0 Å². The van der Waals surface area contributed by atoms with Crippen LogP contribution < -0.4 is 5.32 Å². The standard InChI is InChI=1S/C13H16FNO/c1-13(2,3)12(16)8-9-15-11-6-4-10(14)5-7-11/h4-9,15H,1-3H3. The summed E-state index contributed by atoms with van der Waals surface area (Å²) in [7, 11) is 0. The molecule has 2 nitrogen and oxygen atoms in total. The van der Waals surface area contributed by atoms with Crippen molar-refractivity contribution in [3.63, 3.8) is 0 Å². The number of ketones is 1. The summed E-state index contributed by atoms with van der Waals surface area (Å²) in [6.07, 6.45) is 3.06. The molecule has 0 spiro atoms. The van der Waals surface area contributed by atoms with Crippen LogP contribution in [0.2, 0.25) is 0 Å². The van der Waals surface area contributed by atoms with Crippen LogP contribution in [-0.4, -0.2) is 5.78 Å². The molecule has 0 amide bonds. The van der Waals surface area contributed by atoms with Gasteiger partial charge in [-0.25, -0.2) is 4.39 Å². The molecule has 0 aliphatic rings. The third-order valence-corrected chi connectivity index (χ3v) is 2.07. The van der Waals surface area contributed by atoms with Crippen molar-refractivity contribution in [2.24, 2.45) is 5.41 Å². The number of benzene rings is 1. The Morgan fingerprint density at radius 2 is 1.81 bits per heavy atom. The van der Waals surface area contributed by atoms with Crippen LogP contribution in [0.5, 0.6) is 0 Å². The number of carbonyl (C=O) groups is 1. The smallest absolute Gasteiger partial charge is 0.162 e. The number of rotatable bonds is 3. The van der Waals surface area contributed by atoms with Crippen molar-refractivity contribution in [2.45, 2.75) is 20.8 Å². The second kappa shape index (κ2) is 4.92. The third-order valence-electron chi connectivity index (χ3n) is 2.07. The van der Waals surface area contributed by atoms with E-state index >= 15 is 0 Å². The molecule has 0 aliphatic heterocycles. The third kappa shape index (κ3) is 3.85. The van der Waals surface area contributed by atoms with E-state index in [9.17, 15) is 9.18 Å². The summed E-state index contributed by atoms with van der Waals surface area (Å²) in [5.41, 5.74) is 0.375. The van der Waals surface area contributed by atoms with E-state index < -0.39 is 0 Å². The molecule has 0 unspecified atom stereocenters. The van der Waals surface area contributed by atoms with Gasteiger partial charge in [0.2, 0.25) is 0 Å². The molecule has 16 heavy (non-hydrogen) atoms. The predicted octanol–water partition coefficient (Wildman–Crippen LogP) is 3.37. The van der Waals surface area contributed by atoms with Gasteiger partial charge < -0.3 is 5.32 Å². The zero-order chi connectivity index (χ0) is 12.2. The maximum Gasteiger partial charge on any atom is 0.162 e. The summed E-state index contributed by atoms with van der Waals surface area (Å²) in [6, 6.07) is 5.95. The SMILES string of the molecule is CC(C)(C)C(=O)C=CNc1ccc(F)cc1. The molecule has 0 heterocycles. The van der Waals surface area contributed by atoms with Gasteiger partial charge in [-0.15, -0.1) is 0 Å². The van der Waals surface area contributed by atoms with Crippen molar-refractivity contribution in [2.75, 3.05) is 5.32 Å². The molecular weight excluding hydrogens is 205 g/mol. The molecule has 0 bridgehead atoms. The fourth-order valence-corrected chi connectivity index (χ4v) is 1.01. The second-order valence-corrected chi connectivity index (χ2v) is 4.60. The first-order chi connectivity index (χ1) is 7.39. The molecule has 3 heteroatoms. The lowest BCUT2D eigenvalue weighted by Gasteiger charge is -2.12. The Labute approximate surface area is 95.2 Å². The maximum absolute atomic E-state index is 12.6. The van der Waals surface area contributed by atoms with Crippen LogP contribution >= 0.6 is 0 Å². The van der Waals surface area contributed by atoms with Crippen LogP contribution in [0, 0.1) is 11.2 Å². The average Bonchev–Trinajstić information content (AvgIpc) is 2.19. The van der Waals surface area contributed by atoms with E-state index in [2.05, 4.69) is 5.32 Å². The molecule has 1 aromatic carbocycles. The quantitative estimate of drug-likeness (QED) is 0.793. The zero-order valence-corrected chi connectivity index (χ0v) is 9.75. The summed E-state index contributed by atoms with van der Waals surface area (Å²) in [5.74, 6) is -0.234. The minimum Gasteiger partial charge on any atom is -0.362 e. The molecule has 0 fully saturated rings. The highest BCUT2D eigenvalue weighted by Crippen LogP contribution is 2.15. The van der Waals surface area contributed by atoms with Crippen LogP contribution in [0.1, 0.15) is 20.8 Å². The van der Waals surface area contributed by atoms with Gasteiger partial charge in [-0.05, 0) is 30.3 Å². The van der Waals surface area contributed by atoms with Gasteiger partial charge in [0.05, 0.1) is 0 Å². The first-order valence-corrected chi connectivity index (χ1v) is 5.13. The highest BCUT2D eigenvalue weighted by molar-refractivity contribution is 5.94. The summed E-state index contributed by atoms with van der Waals surface area (Å²) in [6.45, 7) is 5.58. The van der Waals surface area contributed by atoms with Crippen LogP contribution in [0.4, 0.5) is 10.1 Å². The fraction of sp³-hybridized carbons (Fsp3) is 0.308. The van der Waals surface area contributed by atoms with E-state index in [1.807, 2.05) is 20.8 Å². The van der Waals surface area contributed by atoms with Crippen LogP contribution in [-0.2, 0) is 4.79 Å². The Balaban J connectivity index is 2.55. The lowest BCUT2D eigenvalue weighted by atomic mass is 9.91. The monoisotopic (exact) mass is 221 g/mol. The van der Waals surface area contributed by atoms with E-state index in [0.717, 1.165) is 5.69 Å². The number of allylic oxidation sites excluding steroid dienone is 1. The van der Waals surface area contributed by atoms with Crippen molar-refractivity contribution in [1.29, 1.82) is 0 Å². The Kier molecular flexibility index (Phi) is 3.82. The lowest BCUT2D eigenvalue weighted by Crippen LogP contribution is -2.17. The van der Waals surface area contributed by atoms with Crippen molar-refractivity contribution in [1.82, 2.24) is 0 Å². The Hall–Kier alpha value is -1.64. The second-order valence-electron chi connectivity index (χ2n) is 4.60. The lowest BCUT2D eigenvalue weighted by molar-refractivity contribution is -0.121. The first kappa shape index (κ1) is 12.4. The molecule has 0 aromatic heterocycles. The highest BCUT2D eigenvalue weighted by atomic mass is 19.1. The van der Waals surface area contributed by atoms with Crippen molar-refractivity contribution in [3.8, 4) is 0 Å². The minimum absolute atomic E-state index is 0.0436. The van der Waals surface area contributed by atoms with Gasteiger partial charge in [-0.1, -0.05) is 20.8 Å². The van der Waals surface area contributed by atoms with Gasteiger partial charge in [0, 0.05) is 17.3 Å². The highest BCUT2D eigenvalue weighted by Gasteiger charge is 2.17. The Morgan fingerprint density at radius 3 is 2.31 bits per heavy atom. The Bertz CT molecular complexity index is 387. The average molecular weight is 221 g/mol. The van der Waals surface area contributed by atoms with E-state index in [0.29, 0.717) is 0 Å². The number of hydrogen-bond donors (Lipinski definition) is 1. The molecule has 86 valence electrons. The molecule has 0 radical (unpaired) electrons. The van der Waals surface area contributed by atoms with Gasteiger partial charge in [-0.3, -0.25) is 4.79 Å². The number of halogens is 1. The van der Waals surface area contributed by atoms with Crippen molar-refractivity contribution >= 4 is 11.5 Å². The van der Waals surface area contributed by atoms with Gasteiger partial charge in [0.25, 0.3) is 0 Å². The topological polar surface area (TPSA) is 29.1 Å². The van der Waals surface area contributed by atoms with E-state index in [4.69, 9.17) is 0 Å². The fourth-order valence-electron chi connectivity index (χ4n) is 1.01. The largest absolute Gasteiger partial charge is 0.362 e. The summed E-state index contributed by atoms with van der Waals surface area (Å²) in [4.78, 5) is 11.5. The molecule has 0 saturated carbocycles. The molecule has 0 aliphatic carbocycles. The zero-order valence-electron chi connectivity index (χ0n) is 9.75. The summed E-state index contributed by atoms with van der Waals surface area (Å²) >= 11 is 0. The van der Waals surface area contributed by atoms with Crippen molar-refractivity contribution < 1.29 is 9.18 Å². The molecular formula is C13H16FNO. The first-order valence-electron chi connectivity index (χ1n) is 5.13. The number of carbonyl (C=O) groups excluding carboxylic acids is 1. The van der Waals surface area contributed by atoms with Gasteiger partial charge in [0.15, 0.2) is 5.78 Å².